The molecule has 0 saturated carbocycles. The van der Waals surface area contributed by atoms with Crippen molar-refractivity contribution in [2.75, 3.05) is 20.3 Å². The number of para-hydroxylation sites is 1. The standard InChI is InChI=1S/C21H26N4O3/c1-14(22-13-16-5-3-4-6-19(16)27-2)17-12-21(26)25-20(23-17)11-18(24-25)15-7-9-28-10-8-15/h3-6,11-12,14-15,22,24H,7-10,13H2,1-2H3/t14-/m0/s1. The maximum absolute atomic E-state index is 12.6. The van der Waals surface area contributed by atoms with E-state index in [-0.39, 0.29) is 11.6 Å². The van der Waals surface area contributed by atoms with Crippen molar-refractivity contribution < 1.29 is 9.47 Å². The van der Waals surface area contributed by atoms with Gasteiger partial charge in [-0.3, -0.25) is 9.89 Å². The van der Waals surface area contributed by atoms with Crippen LogP contribution in [-0.2, 0) is 11.3 Å². The molecule has 148 valence electrons. The molecule has 28 heavy (non-hydrogen) atoms. The first-order valence-electron chi connectivity index (χ1n) is 9.71. The Balaban J connectivity index is 1.53. The van der Waals surface area contributed by atoms with Crippen molar-refractivity contribution in [3.05, 3.63) is 63.7 Å². The van der Waals surface area contributed by atoms with Gasteiger partial charge in [0.2, 0.25) is 0 Å². The van der Waals surface area contributed by atoms with E-state index in [0.717, 1.165) is 48.8 Å². The van der Waals surface area contributed by atoms with Gasteiger partial charge >= 0.3 is 0 Å². The number of hydrogen-bond acceptors (Lipinski definition) is 5. The minimum absolute atomic E-state index is 0.0657. The van der Waals surface area contributed by atoms with Crippen molar-refractivity contribution >= 4 is 5.65 Å². The summed E-state index contributed by atoms with van der Waals surface area (Å²) in [5.41, 5.74) is 3.43. The van der Waals surface area contributed by atoms with Gasteiger partial charge in [-0.2, -0.15) is 0 Å². The van der Waals surface area contributed by atoms with Crippen molar-refractivity contribution in [2.24, 2.45) is 0 Å². The van der Waals surface area contributed by atoms with Gasteiger partial charge in [0.15, 0.2) is 5.65 Å². The molecule has 0 aliphatic carbocycles. The van der Waals surface area contributed by atoms with Gasteiger partial charge in [-0.05, 0) is 25.8 Å². The largest absolute Gasteiger partial charge is 0.496 e. The third kappa shape index (κ3) is 3.81. The maximum Gasteiger partial charge on any atom is 0.272 e. The maximum atomic E-state index is 12.6. The molecule has 0 radical (unpaired) electrons. The Kier molecular flexibility index (Phi) is 5.45. The fraction of sp³-hybridized carbons (Fsp3) is 0.429. The lowest BCUT2D eigenvalue weighted by Gasteiger charge is -2.20. The highest BCUT2D eigenvalue weighted by atomic mass is 16.5. The Labute approximate surface area is 163 Å². The second-order valence-corrected chi connectivity index (χ2v) is 7.23. The zero-order chi connectivity index (χ0) is 19.5. The number of aromatic amines is 1. The van der Waals surface area contributed by atoms with E-state index in [2.05, 4.69) is 10.4 Å². The first-order valence-corrected chi connectivity index (χ1v) is 9.71. The van der Waals surface area contributed by atoms with Crippen molar-refractivity contribution in [3.63, 3.8) is 0 Å². The number of H-pyrrole nitrogens is 1. The number of fused-ring (bicyclic) bond motifs is 1. The Morgan fingerprint density at radius 2 is 2.11 bits per heavy atom. The van der Waals surface area contributed by atoms with Gasteiger partial charge in [0.1, 0.15) is 5.75 Å². The molecule has 2 N–H and O–H groups in total. The quantitative estimate of drug-likeness (QED) is 0.685. The van der Waals surface area contributed by atoms with Crippen LogP contribution in [0.4, 0.5) is 0 Å². The van der Waals surface area contributed by atoms with E-state index in [1.807, 2.05) is 37.3 Å². The highest BCUT2D eigenvalue weighted by Gasteiger charge is 2.19. The first-order chi connectivity index (χ1) is 13.7. The predicted molar refractivity (Wildman–Crippen MR) is 107 cm³/mol. The molecule has 0 spiro atoms. The molecule has 4 rings (SSSR count). The summed E-state index contributed by atoms with van der Waals surface area (Å²) >= 11 is 0. The fourth-order valence-electron chi connectivity index (χ4n) is 3.68. The molecular weight excluding hydrogens is 356 g/mol. The zero-order valence-electron chi connectivity index (χ0n) is 16.3. The molecule has 7 nitrogen and oxygen atoms in total. The summed E-state index contributed by atoms with van der Waals surface area (Å²) in [4.78, 5) is 17.3. The number of hydrogen-bond donors (Lipinski definition) is 2. The SMILES string of the molecule is COc1ccccc1CN[C@@H](C)c1cc(=O)n2[nH]c(C3CCOCC3)cc2n1. The molecule has 3 heterocycles. The molecule has 2 aromatic heterocycles. The van der Waals surface area contributed by atoms with Crippen molar-refractivity contribution in [2.45, 2.75) is 38.3 Å². The summed E-state index contributed by atoms with van der Waals surface area (Å²) in [5, 5.41) is 6.66. The zero-order valence-corrected chi connectivity index (χ0v) is 16.3. The Hall–Kier alpha value is -2.64. The van der Waals surface area contributed by atoms with Gasteiger partial charge in [0.05, 0.1) is 12.8 Å². The summed E-state index contributed by atoms with van der Waals surface area (Å²) in [6, 6.07) is 11.4. The van der Waals surface area contributed by atoms with Crippen LogP contribution in [0.25, 0.3) is 5.65 Å². The summed E-state index contributed by atoms with van der Waals surface area (Å²) < 4.78 is 12.4. The molecule has 1 saturated heterocycles. The van der Waals surface area contributed by atoms with Crippen LogP contribution in [0.1, 0.15) is 48.7 Å². The lowest BCUT2D eigenvalue weighted by atomic mass is 9.97. The average Bonchev–Trinajstić information content (AvgIpc) is 3.18. The van der Waals surface area contributed by atoms with E-state index in [0.29, 0.717) is 18.1 Å². The molecule has 0 unspecified atom stereocenters. The van der Waals surface area contributed by atoms with Crippen LogP contribution in [0.2, 0.25) is 0 Å². The molecule has 1 fully saturated rings. The van der Waals surface area contributed by atoms with Crippen LogP contribution in [0, 0.1) is 0 Å². The van der Waals surface area contributed by atoms with Gasteiger partial charge < -0.3 is 14.8 Å². The minimum Gasteiger partial charge on any atom is -0.496 e. The minimum atomic E-state index is -0.0933. The molecule has 0 amide bonds. The number of rotatable bonds is 6. The second-order valence-electron chi connectivity index (χ2n) is 7.23. The molecular formula is C21H26N4O3. The van der Waals surface area contributed by atoms with E-state index in [9.17, 15) is 4.79 Å². The summed E-state index contributed by atoms with van der Waals surface area (Å²) in [7, 11) is 1.67. The van der Waals surface area contributed by atoms with Gasteiger partial charge in [0.25, 0.3) is 5.56 Å². The Bertz CT molecular complexity index is 1000. The number of nitrogens with zero attached hydrogens (tertiary/aromatic N) is 2. The first kappa shape index (κ1) is 18.7. The Morgan fingerprint density at radius 3 is 2.89 bits per heavy atom. The third-order valence-corrected chi connectivity index (χ3v) is 5.39. The van der Waals surface area contributed by atoms with Crippen LogP contribution in [-0.4, -0.2) is 34.9 Å². The molecule has 1 aliphatic heterocycles. The molecule has 0 bridgehead atoms. The van der Waals surface area contributed by atoms with Gasteiger partial charge in [0, 0.05) is 55.1 Å². The van der Waals surface area contributed by atoms with Crippen LogP contribution < -0.4 is 15.6 Å². The lowest BCUT2D eigenvalue weighted by molar-refractivity contribution is 0.0844. The van der Waals surface area contributed by atoms with E-state index in [1.165, 1.54) is 4.52 Å². The van der Waals surface area contributed by atoms with Gasteiger partial charge in [-0.15, -0.1) is 0 Å². The van der Waals surface area contributed by atoms with E-state index >= 15 is 0 Å². The summed E-state index contributed by atoms with van der Waals surface area (Å²) in [6.45, 7) is 4.17. The van der Waals surface area contributed by atoms with Crippen LogP contribution in [0.15, 0.2) is 41.2 Å². The van der Waals surface area contributed by atoms with Crippen molar-refractivity contribution in [1.82, 2.24) is 19.9 Å². The highest BCUT2D eigenvalue weighted by molar-refractivity contribution is 5.41. The summed E-state index contributed by atoms with van der Waals surface area (Å²) in [5.74, 6) is 1.23. The van der Waals surface area contributed by atoms with Crippen molar-refractivity contribution in [3.8, 4) is 5.75 Å². The molecule has 1 aromatic carbocycles. The number of benzene rings is 1. The molecule has 3 aromatic rings. The summed E-state index contributed by atoms with van der Waals surface area (Å²) in [6.07, 6.45) is 1.93. The second kappa shape index (κ2) is 8.16. The normalized spacial score (nSPS) is 16.4. The smallest absolute Gasteiger partial charge is 0.272 e. The topological polar surface area (TPSA) is 80.6 Å². The van der Waals surface area contributed by atoms with E-state index < -0.39 is 0 Å². The van der Waals surface area contributed by atoms with Crippen LogP contribution in [0.3, 0.4) is 0 Å². The Morgan fingerprint density at radius 1 is 1.32 bits per heavy atom. The molecule has 1 atom stereocenters. The third-order valence-electron chi connectivity index (χ3n) is 5.39. The van der Waals surface area contributed by atoms with Crippen LogP contribution in [0.5, 0.6) is 5.75 Å². The highest BCUT2D eigenvalue weighted by Crippen LogP contribution is 2.26. The van der Waals surface area contributed by atoms with Crippen molar-refractivity contribution in [1.29, 1.82) is 0 Å². The van der Waals surface area contributed by atoms with E-state index in [1.54, 1.807) is 13.2 Å². The van der Waals surface area contributed by atoms with Crippen LogP contribution >= 0.6 is 0 Å². The fourth-order valence-corrected chi connectivity index (χ4v) is 3.68. The molecule has 1 aliphatic rings. The van der Waals surface area contributed by atoms with Gasteiger partial charge in [-0.25, -0.2) is 9.50 Å². The lowest BCUT2D eigenvalue weighted by Crippen LogP contribution is -2.23. The van der Waals surface area contributed by atoms with E-state index in [4.69, 9.17) is 14.5 Å². The average molecular weight is 382 g/mol. The number of methoxy groups -OCH3 is 1. The van der Waals surface area contributed by atoms with Gasteiger partial charge in [-0.1, -0.05) is 18.2 Å². The number of nitrogens with one attached hydrogen (secondary N) is 2. The predicted octanol–water partition coefficient (Wildman–Crippen LogP) is 2.78. The molecule has 7 heteroatoms. The number of aromatic nitrogens is 3. The monoisotopic (exact) mass is 382 g/mol. The number of ether oxygens (including phenoxy) is 2.